The van der Waals surface area contributed by atoms with E-state index in [4.69, 9.17) is 11.6 Å². The third-order valence-corrected chi connectivity index (χ3v) is 6.72. The van der Waals surface area contributed by atoms with Gasteiger partial charge in [-0.05, 0) is 41.3 Å². The molecule has 0 aliphatic rings. The number of aliphatic hydroxyl groups is 1. The molecular formula is C15H15ClN2O3S2. The first-order valence-electron chi connectivity index (χ1n) is 6.85. The van der Waals surface area contributed by atoms with E-state index in [9.17, 15) is 13.5 Å². The fourth-order valence-electron chi connectivity index (χ4n) is 2.33. The number of aryl methyl sites for hydroxylation is 1. The van der Waals surface area contributed by atoms with Crippen molar-refractivity contribution in [2.75, 3.05) is 6.54 Å². The lowest BCUT2D eigenvalue weighted by molar-refractivity contribution is 0.182. The molecule has 1 aromatic carbocycles. The molecule has 0 amide bonds. The molecule has 0 spiro atoms. The molecule has 0 fully saturated rings. The molecule has 8 heteroatoms. The minimum Gasteiger partial charge on any atom is -0.387 e. The van der Waals surface area contributed by atoms with E-state index < -0.39 is 16.1 Å². The fraction of sp³-hybridized carbons (Fsp3) is 0.200. The van der Waals surface area contributed by atoms with Crippen LogP contribution in [0.2, 0.25) is 4.34 Å². The number of fused-ring (bicyclic) bond motifs is 1. The van der Waals surface area contributed by atoms with Crippen molar-refractivity contribution < 1.29 is 13.5 Å². The highest BCUT2D eigenvalue weighted by Gasteiger charge is 2.19. The third kappa shape index (κ3) is 3.44. The second kappa shape index (κ2) is 6.26. The number of aliphatic hydroxyl groups excluding tert-OH is 1. The summed E-state index contributed by atoms with van der Waals surface area (Å²) in [6.45, 7) is -0.101. The van der Waals surface area contributed by atoms with Crippen LogP contribution in [-0.4, -0.2) is 24.6 Å². The van der Waals surface area contributed by atoms with Crippen LogP contribution in [0, 0.1) is 0 Å². The van der Waals surface area contributed by atoms with Crippen molar-refractivity contribution in [1.29, 1.82) is 0 Å². The molecule has 122 valence electrons. The molecule has 2 N–H and O–H groups in total. The SMILES string of the molecule is Cn1ccc2cc([C@@H](O)CNS(=O)(=O)c3ccc(Cl)s3)ccc21. The Morgan fingerprint density at radius 2 is 2.09 bits per heavy atom. The molecule has 0 bridgehead atoms. The first-order chi connectivity index (χ1) is 10.9. The van der Waals surface area contributed by atoms with Crippen LogP contribution >= 0.6 is 22.9 Å². The number of nitrogens with zero attached hydrogens (tertiary/aromatic N) is 1. The molecular weight excluding hydrogens is 356 g/mol. The average molecular weight is 371 g/mol. The van der Waals surface area contributed by atoms with Gasteiger partial charge >= 0.3 is 0 Å². The zero-order valence-electron chi connectivity index (χ0n) is 12.2. The Kier molecular flexibility index (Phi) is 4.48. The maximum Gasteiger partial charge on any atom is 0.250 e. The Balaban J connectivity index is 1.74. The highest BCUT2D eigenvalue weighted by molar-refractivity contribution is 7.91. The smallest absolute Gasteiger partial charge is 0.250 e. The largest absolute Gasteiger partial charge is 0.387 e. The summed E-state index contributed by atoms with van der Waals surface area (Å²) in [7, 11) is -1.72. The Bertz CT molecular complexity index is 947. The summed E-state index contributed by atoms with van der Waals surface area (Å²) in [4.78, 5) is 0. The monoisotopic (exact) mass is 370 g/mol. The Hall–Kier alpha value is -1.38. The summed E-state index contributed by atoms with van der Waals surface area (Å²) in [5, 5.41) is 11.2. The van der Waals surface area contributed by atoms with Gasteiger partial charge in [0.15, 0.2) is 0 Å². The van der Waals surface area contributed by atoms with Crippen molar-refractivity contribution in [2.24, 2.45) is 7.05 Å². The van der Waals surface area contributed by atoms with E-state index in [0.717, 1.165) is 22.2 Å². The van der Waals surface area contributed by atoms with Crippen molar-refractivity contribution in [1.82, 2.24) is 9.29 Å². The van der Waals surface area contributed by atoms with E-state index in [0.29, 0.717) is 9.90 Å². The lowest BCUT2D eigenvalue weighted by Crippen LogP contribution is -2.28. The van der Waals surface area contributed by atoms with E-state index in [1.54, 1.807) is 6.07 Å². The summed E-state index contributed by atoms with van der Waals surface area (Å²) in [5.74, 6) is 0. The normalized spacial score (nSPS) is 13.5. The molecule has 0 aliphatic carbocycles. The van der Waals surface area contributed by atoms with E-state index in [2.05, 4.69) is 4.72 Å². The number of sulfonamides is 1. The summed E-state index contributed by atoms with van der Waals surface area (Å²) in [6.07, 6.45) is 1.01. The number of hydrogen-bond donors (Lipinski definition) is 2. The lowest BCUT2D eigenvalue weighted by Gasteiger charge is -2.12. The minimum atomic E-state index is -3.66. The molecule has 1 atom stereocenters. The predicted molar refractivity (Wildman–Crippen MR) is 92.4 cm³/mol. The van der Waals surface area contributed by atoms with Crippen molar-refractivity contribution in [2.45, 2.75) is 10.3 Å². The van der Waals surface area contributed by atoms with Crippen LogP contribution < -0.4 is 4.72 Å². The van der Waals surface area contributed by atoms with Gasteiger partial charge in [-0.3, -0.25) is 0 Å². The van der Waals surface area contributed by atoms with E-state index in [1.165, 1.54) is 12.1 Å². The minimum absolute atomic E-state index is 0.101. The van der Waals surface area contributed by atoms with Crippen LogP contribution in [0.3, 0.4) is 0 Å². The summed E-state index contributed by atoms with van der Waals surface area (Å²) in [5.41, 5.74) is 1.71. The number of thiophene rings is 1. The van der Waals surface area contributed by atoms with Crippen LogP contribution in [0.5, 0.6) is 0 Å². The van der Waals surface area contributed by atoms with Crippen molar-refractivity contribution in [3.63, 3.8) is 0 Å². The van der Waals surface area contributed by atoms with Gasteiger partial charge in [0.05, 0.1) is 10.4 Å². The maximum atomic E-state index is 12.1. The van der Waals surface area contributed by atoms with Gasteiger partial charge in [0.2, 0.25) is 10.0 Å². The van der Waals surface area contributed by atoms with Crippen LogP contribution in [0.15, 0.2) is 46.8 Å². The second-order valence-electron chi connectivity index (χ2n) is 5.17. The molecule has 5 nitrogen and oxygen atoms in total. The molecule has 2 aromatic heterocycles. The number of nitrogens with one attached hydrogen (secondary N) is 1. The van der Waals surface area contributed by atoms with Gasteiger partial charge in [-0.15, -0.1) is 11.3 Å². The van der Waals surface area contributed by atoms with Gasteiger partial charge in [0.25, 0.3) is 0 Å². The first-order valence-corrected chi connectivity index (χ1v) is 9.52. The average Bonchev–Trinajstić information content (AvgIpc) is 3.12. The third-order valence-electron chi connectivity index (χ3n) is 3.57. The van der Waals surface area contributed by atoms with Crippen LogP contribution in [-0.2, 0) is 17.1 Å². The quantitative estimate of drug-likeness (QED) is 0.725. The van der Waals surface area contributed by atoms with E-state index in [-0.39, 0.29) is 10.8 Å². The van der Waals surface area contributed by atoms with Gasteiger partial charge in [0, 0.05) is 25.3 Å². The maximum absolute atomic E-state index is 12.1. The van der Waals surface area contributed by atoms with Gasteiger partial charge in [-0.2, -0.15) is 0 Å². The van der Waals surface area contributed by atoms with E-state index >= 15 is 0 Å². The number of rotatable bonds is 5. The van der Waals surface area contributed by atoms with Crippen LogP contribution in [0.1, 0.15) is 11.7 Å². The van der Waals surface area contributed by atoms with Gasteiger partial charge in [-0.25, -0.2) is 13.1 Å². The molecule has 0 saturated heterocycles. The first kappa shape index (κ1) is 16.5. The van der Waals surface area contributed by atoms with Crippen molar-refractivity contribution >= 4 is 43.9 Å². The number of aromatic nitrogens is 1. The summed E-state index contributed by atoms with van der Waals surface area (Å²) in [6, 6.07) is 10.5. The zero-order valence-corrected chi connectivity index (χ0v) is 14.6. The molecule has 0 radical (unpaired) electrons. The van der Waals surface area contributed by atoms with Gasteiger partial charge in [-0.1, -0.05) is 17.7 Å². The van der Waals surface area contributed by atoms with Gasteiger partial charge in [0.1, 0.15) is 4.21 Å². The standard InChI is InChI=1S/C15H15ClN2O3S2/c1-18-7-6-10-8-11(2-3-12(10)18)13(19)9-17-23(20,21)15-5-4-14(16)22-15/h2-8,13,17,19H,9H2,1H3/t13-/m0/s1. The molecule has 3 aromatic rings. The van der Waals surface area contributed by atoms with Gasteiger partial charge < -0.3 is 9.67 Å². The molecule has 3 rings (SSSR count). The summed E-state index contributed by atoms with van der Waals surface area (Å²) < 4.78 is 29.2. The number of halogens is 1. The number of hydrogen-bond acceptors (Lipinski definition) is 4. The van der Waals surface area contributed by atoms with Crippen molar-refractivity contribution in [3.05, 3.63) is 52.5 Å². The van der Waals surface area contributed by atoms with Crippen molar-refractivity contribution in [3.8, 4) is 0 Å². The van der Waals surface area contributed by atoms with Crippen LogP contribution in [0.4, 0.5) is 0 Å². The molecule has 23 heavy (non-hydrogen) atoms. The molecule has 0 aliphatic heterocycles. The Morgan fingerprint density at radius 1 is 1.30 bits per heavy atom. The second-order valence-corrected chi connectivity index (χ2v) is 8.88. The topological polar surface area (TPSA) is 71.3 Å². The zero-order chi connectivity index (χ0) is 16.6. The number of benzene rings is 1. The lowest BCUT2D eigenvalue weighted by atomic mass is 10.1. The predicted octanol–water partition coefficient (Wildman–Crippen LogP) is 2.91. The van der Waals surface area contributed by atoms with E-state index in [1.807, 2.05) is 36.0 Å². The highest BCUT2D eigenvalue weighted by Crippen LogP contribution is 2.26. The van der Waals surface area contributed by atoms with Crippen LogP contribution in [0.25, 0.3) is 10.9 Å². The summed E-state index contributed by atoms with van der Waals surface area (Å²) >= 11 is 6.73. The fourth-order valence-corrected chi connectivity index (χ4v) is 4.89. The molecule has 0 unspecified atom stereocenters. The molecule has 2 heterocycles. The Labute approximate surface area is 143 Å². The Morgan fingerprint density at radius 3 is 2.78 bits per heavy atom. The highest BCUT2D eigenvalue weighted by atomic mass is 35.5. The molecule has 0 saturated carbocycles.